The minimum atomic E-state index is -0.365. The van der Waals surface area contributed by atoms with Crippen LogP contribution >= 0.6 is 0 Å². The van der Waals surface area contributed by atoms with Gasteiger partial charge < -0.3 is 10.8 Å². The van der Waals surface area contributed by atoms with Crippen molar-refractivity contribution in [1.82, 2.24) is 4.90 Å². The summed E-state index contributed by atoms with van der Waals surface area (Å²) < 4.78 is 13.3. The van der Waals surface area contributed by atoms with Gasteiger partial charge >= 0.3 is 0 Å². The molecule has 0 radical (unpaired) electrons. The number of hydrogen-bond donors (Lipinski definition) is 3. The van der Waals surface area contributed by atoms with E-state index in [9.17, 15) is 9.50 Å². The summed E-state index contributed by atoms with van der Waals surface area (Å²) >= 11 is 0. The number of amidine groups is 1. The lowest BCUT2D eigenvalue weighted by Crippen LogP contribution is -2.44. The summed E-state index contributed by atoms with van der Waals surface area (Å²) in [6.45, 7) is 0.678. The van der Waals surface area contributed by atoms with Crippen molar-refractivity contribution in [3.05, 3.63) is 35.1 Å². The highest BCUT2D eigenvalue weighted by Crippen LogP contribution is 2.37. The van der Waals surface area contributed by atoms with Gasteiger partial charge in [0.05, 0.1) is 6.10 Å². The number of nitrogens with two attached hydrogens (primary N) is 1. The van der Waals surface area contributed by atoms with E-state index in [1.54, 1.807) is 6.07 Å². The highest BCUT2D eigenvalue weighted by Gasteiger charge is 2.40. The second-order valence-corrected chi connectivity index (χ2v) is 5.90. The molecule has 2 aliphatic heterocycles. The molecule has 0 amide bonds. The Morgan fingerprint density at radius 2 is 2.00 bits per heavy atom. The molecule has 2 bridgehead atoms. The normalized spacial score (nSPS) is 29.6. The van der Waals surface area contributed by atoms with Gasteiger partial charge in [-0.1, -0.05) is 6.07 Å². The van der Waals surface area contributed by atoms with Gasteiger partial charge in [0.15, 0.2) is 0 Å². The molecule has 1 aromatic rings. The largest absolute Gasteiger partial charge is 0.393 e. The van der Waals surface area contributed by atoms with Gasteiger partial charge in [0.25, 0.3) is 0 Å². The van der Waals surface area contributed by atoms with E-state index in [0.29, 0.717) is 24.2 Å². The number of rotatable bonds is 3. The number of nitrogens with one attached hydrogen (secondary N) is 1. The van der Waals surface area contributed by atoms with E-state index in [-0.39, 0.29) is 17.8 Å². The fraction of sp³-hybridized carbons (Fsp3) is 0.533. The van der Waals surface area contributed by atoms with Crippen LogP contribution in [0.4, 0.5) is 4.39 Å². The number of piperidine rings is 1. The minimum absolute atomic E-state index is 0.0936. The number of nitrogen functional groups attached to an aromatic ring is 1. The lowest BCUT2D eigenvalue weighted by Gasteiger charge is -2.37. The molecule has 2 aliphatic rings. The Kier molecular flexibility index (Phi) is 3.48. The van der Waals surface area contributed by atoms with E-state index in [1.165, 1.54) is 12.1 Å². The van der Waals surface area contributed by atoms with Crippen molar-refractivity contribution in [1.29, 1.82) is 5.41 Å². The monoisotopic (exact) mass is 277 g/mol. The predicted molar refractivity (Wildman–Crippen MR) is 75.0 cm³/mol. The Morgan fingerprint density at radius 1 is 1.35 bits per heavy atom. The number of hydrogen-bond acceptors (Lipinski definition) is 3. The number of benzene rings is 1. The van der Waals surface area contributed by atoms with Crippen molar-refractivity contribution >= 4 is 5.84 Å². The number of fused-ring (bicyclic) bond motifs is 2. The van der Waals surface area contributed by atoms with E-state index in [4.69, 9.17) is 11.1 Å². The Morgan fingerprint density at radius 3 is 2.60 bits per heavy atom. The molecule has 0 spiro atoms. The fourth-order valence-corrected chi connectivity index (χ4v) is 3.64. The predicted octanol–water partition coefficient (Wildman–Crippen LogP) is 1.60. The Bertz CT molecular complexity index is 520. The van der Waals surface area contributed by atoms with Crippen LogP contribution in [0.3, 0.4) is 0 Å². The van der Waals surface area contributed by atoms with Gasteiger partial charge in [-0.3, -0.25) is 10.3 Å². The zero-order valence-corrected chi connectivity index (χ0v) is 11.3. The second-order valence-electron chi connectivity index (χ2n) is 5.90. The Labute approximate surface area is 117 Å². The van der Waals surface area contributed by atoms with E-state index in [1.807, 2.05) is 0 Å². The maximum absolute atomic E-state index is 13.3. The molecule has 1 aromatic carbocycles. The number of aliphatic hydroxyl groups excluding tert-OH is 1. The van der Waals surface area contributed by atoms with Gasteiger partial charge in [-0.25, -0.2) is 4.39 Å². The van der Waals surface area contributed by atoms with Gasteiger partial charge in [0, 0.05) is 24.2 Å². The summed E-state index contributed by atoms with van der Waals surface area (Å²) in [7, 11) is 0. The van der Waals surface area contributed by atoms with Crippen molar-refractivity contribution in [2.75, 3.05) is 0 Å². The molecule has 0 saturated carbocycles. The fourth-order valence-electron chi connectivity index (χ4n) is 3.64. The summed E-state index contributed by atoms with van der Waals surface area (Å²) in [4.78, 5) is 2.38. The summed E-state index contributed by atoms with van der Waals surface area (Å²) in [6.07, 6.45) is 3.65. The lowest BCUT2D eigenvalue weighted by atomic mass is 9.97. The smallest absolute Gasteiger partial charge is 0.123 e. The molecule has 2 unspecified atom stereocenters. The first-order valence-electron chi connectivity index (χ1n) is 7.11. The molecule has 108 valence electrons. The first-order chi connectivity index (χ1) is 9.54. The van der Waals surface area contributed by atoms with E-state index < -0.39 is 0 Å². The van der Waals surface area contributed by atoms with Crippen molar-refractivity contribution in [3.8, 4) is 0 Å². The average Bonchev–Trinajstić information content (AvgIpc) is 2.63. The first kappa shape index (κ1) is 13.5. The van der Waals surface area contributed by atoms with E-state index >= 15 is 0 Å². The number of halogens is 1. The van der Waals surface area contributed by atoms with Crippen molar-refractivity contribution < 1.29 is 9.50 Å². The number of aliphatic hydroxyl groups is 1. The second kappa shape index (κ2) is 5.14. The minimum Gasteiger partial charge on any atom is -0.393 e. The van der Waals surface area contributed by atoms with E-state index in [0.717, 1.165) is 31.2 Å². The maximum atomic E-state index is 13.3. The molecule has 2 fully saturated rings. The first-order valence-corrected chi connectivity index (χ1v) is 7.11. The molecule has 4 N–H and O–H groups in total. The SMILES string of the molecule is N=C(N)c1cc(F)ccc1CN1C2CCC1CC(O)C2. The molecule has 2 atom stereocenters. The summed E-state index contributed by atoms with van der Waals surface area (Å²) in [5.41, 5.74) is 6.93. The third-order valence-electron chi connectivity index (χ3n) is 4.57. The zero-order valence-electron chi connectivity index (χ0n) is 11.3. The molecule has 5 heteroatoms. The quantitative estimate of drug-likeness (QED) is 0.580. The van der Waals surface area contributed by atoms with Crippen LogP contribution < -0.4 is 5.73 Å². The molecule has 2 heterocycles. The van der Waals surface area contributed by atoms with Crippen LogP contribution in [0.1, 0.15) is 36.8 Å². The van der Waals surface area contributed by atoms with Gasteiger partial charge in [-0.15, -0.1) is 0 Å². The summed E-state index contributed by atoms with van der Waals surface area (Å²) in [5.74, 6) is -0.458. The maximum Gasteiger partial charge on any atom is 0.123 e. The number of nitrogens with zero attached hydrogens (tertiary/aromatic N) is 1. The molecule has 20 heavy (non-hydrogen) atoms. The molecular weight excluding hydrogens is 257 g/mol. The topological polar surface area (TPSA) is 73.3 Å². The van der Waals surface area contributed by atoms with Crippen molar-refractivity contribution in [3.63, 3.8) is 0 Å². The molecule has 3 rings (SSSR count). The zero-order chi connectivity index (χ0) is 14.3. The van der Waals surface area contributed by atoms with Crippen molar-refractivity contribution in [2.24, 2.45) is 5.73 Å². The summed E-state index contributed by atoms with van der Waals surface area (Å²) in [5, 5.41) is 17.4. The molecule has 0 aliphatic carbocycles. The Hall–Kier alpha value is -1.46. The summed E-state index contributed by atoms with van der Waals surface area (Å²) in [6, 6.07) is 5.26. The average molecular weight is 277 g/mol. The van der Waals surface area contributed by atoms with Crippen LogP contribution in [-0.2, 0) is 6.54 Å². The van der Waals surface area contributed by atoms with Crippen LogP contribution in [0.15, 0.2) is 18.2 Å². The molecule has 4 nitrogen and oxygen atoms in total. The highest BCUT2D eigenvalue weighted by molar-refractivity contribution is 5.96. The third-order valence-corrected chi connectivity index (χ3v) is 4.57. The van der Waals surface area contributed by atoms with Crippen LogP contribution in [0.5, 0.6) is 0 Å². The van der Waals surface area contributed by atoms with Gasteiger partial charge in [-0.2, -0.15) is 0 Å². The third kappa shape index (κ3) is 2.43. The molecule has 0 aromatic heterocycles. The standard InChI is InChI=1S/C15H20FN3O/c16-10-2-1-9(14(5-10)15(17)18)8-19-11-3-4-12(19)7-13(20)6-11/h1-2,5,11-13,20H,3-4,6-8H2,(H3,17,18). The molecule has 2 saturated heterocycles. The highest BCUT2D eigenvalue weighted by atomic mass is 19.1. The van der Waals surface area contributed by atoms with Gasteiger partial charge in [-0.05, 0) is 43.4 Å². The van der Waals surface area contributed by atoms with Gasteiger partial charge in [0.2, 0.25) is 0 Å². The van der Waals surface area contributed by atoms with Crippen LogP contribution in [0, 0.1) is 11.2 Å². The van der Waals surface area contributed by atoms with Crippen LogP contribution in [0.2, 0.25) is 0 Å². The van der Waals surface area contributed by atoms with Gasteiger partial charge in [0.1, 0.15) is 11.7 Å². The molecular formula is C15H20FN3O. The lowest BCUT2D eigenvalue weighted by molar-refractivity contribution is 0.0310. The van der Waals surface area contributed by atoms with Crippen molar-refractivity contribution in [2.45, 2.75) is 50.4 Å². The van der Waals surface area contributed by atoms with E-state index in [2.05, 4.69) is 4.90 Å². The Balaban J connectivity index is 1.84. The van der Waals surface area contributed by atoms with Crippen LogP contribution in [0.25, 0.3) is 0 Å². The van der Waals surface area contributed by atoms with Crippen LogP contribution in [-0.4, -0.2) is 34.0 Å².